The molecule has 1 rings (SSSR count). The molecule has 2 unspecified atom stereocenters. The molecular formula is C11H18O4. The van der Waals surface area contributed by atoms with Gasteiger partial charge in [0.2, 0.25) is 0 Å². The lowest BCUT2D eigenvalue weighted by molar-refractivity contribution is -0.178. The van der Waals surface area contributed by atoms with Crippen LogP contribution in [0, 0.1) is 5.92 Å². The van der Waals surface area contributed by atoms with Crippen LogP contribution >= 0.6 is 0 Å². The number of ether oxygens (including phenoxy) is 1. The molecule has 1 saturated carbocycles. The SMILES string of the molecule is CCC1CCCC1(CC)OC(=O)C(=O)O. The van der Waals surface area contributed by atoms with Crippen molar-refractivity contribution in [2.24, 2.45) is 5.92 Å². The van der Waals surface area contributed by atoms with Crippen molar-refractivity contribution in [1.82, 2.24) is 0 Å². The predicted octanol–water partition coefficient (Wildman–Crippen LogP) is 1.97. The summed E-state index contributed by atoms with van der Waals surface area (Å²) < 4.78 is 5.17. The van der Waals surface area contributed by atoms with Gasteiger partial charge in [0.25, 0.3) is 0 Å². The molecule has 0 aliphatic heterocycles. The minimum Gasteiger partial charge on any atom is -0.473 e. The molecule has 0 radical (unpaired) electrons. The maximum absolute atomic E-state index is 11.1. The highest BCUT2D eigenvalue weighted by atomic mass is 16.6. The summed E-state index contributed by atoms with van der Waals surface area (Å²) in [7, 11) is 0. The molecule has 4 nitrogen and oxygen atoms in total. The fraction of sp³-hybridized carbons (Fsp3) is 0.818. The lowest BCUT2D eigenvalue weighted by atomic mass is 9.86. The Bertz CT molecular complexity index is 261. The highest BCUT2D eigenvalue weighted by Gasteiger charge is 2.44. The molecule has 2 atom stereocenters. The van der Waals surface area contributed by atoms with Crippen molar-refractivity contribution < 1.29 is 19.4 Å². The van der Waals surface area contributed by atoms with Gasteiger partial charge in [0.1, 0.15) is 5.60 Å². The third-order valence-corrected chi connectivity index (χ3v) is 3.46. The topological polar surface area (TPSA) is 63.6 Å². The molecule has 0 aromatic rings. The first-order valence-electron chi connectivity index (χ1n) is 5.52. The van der Waals surface area contributed by atoms with E-state index in [1.165, 1.54) is 0 Å². The van der Waals surface area contributed by atoms with E-state index in [0.717, 1.165) is 25.7 Å². The van der Waals surface area contributed by atoms with E-state index < -0.39 is 17.5 Å². The highest BCUT2D eigenvalue weighted by molar-refractivity contribution is 6.28. The summed E-state index contributed by atoms with van der Waals surface area (Å²) >= 11 is 0. The highest BCUT2D eigenvalue weighted by Crippen LogP contribution is 2.43. The summed E-state index contributed by atoms with van der Waals surface area (Å²) in [4.78, 5) is 21.6. The van der Waals surface area contributed by atoms with E-state index in [-0.39, 0.29) is 0 Å². The Kier molecular flexibility index (Phi) is 3.72. The third-order valence-electron chi connectivity index (χ3n) is 3.46. The second-order valence-electron chi connectivity index (χ2n) is 4.11. The van der Waals surface area contributed by atoms with Crippen molar-refractivity contribution in [3.05, 3.63) is 0 Å². The number of rotatable bonds is 3. The number of hydrogen-bond donors (Lipinski definition) is 1. The first kappa shape index (κ1) is 12.0. The molecular weight excluding hydrogens is 196 g/mol. The van der Waals surface area contributed by atoms with E-state index in [4.69, 9.17) is 9.84 Å². The number of carboxylic acid groups (broad SMARTS) is 1. The first-order chi connectivity index (χ1) is 7.05. The van der Waals surface area contributed by atoms with E-state index >= 15 is 0 Å². The molecule has 4 heteroatoms. The lowest BCUT2D eigenvalue weighted by Gasteiger charge is -2.33. The molecule has 0 bridgehead atoms. The van der Waals surface area contributed by atoms with Gasteiger partial charge in [-0.25, -0.2) is 9.59 Å². The van der Waals surface area contributed by atoms with Crippen LogP contribution in [0.15, 0.2) is 0 Å². The van der Waals surface area contributed by atoms with Crippen LogP contribution in [0.4, 0.5) is 0 Å². The quantitative estimate of drug-likeness (QED) is 0.576. The minimum absolute atomic E-state index is 0.311. The van der Waals surface area contributed by atoms with Gasteiger partial charge in [0.15, 0.2) is 0 Å². The average Bonchev–Trinajstić information content (AvgIpc) is 2.61. The Labute approximate surface area is 89.6 Å². The van der Waals surface area contributed by atoms with Gasteiger partial charge in [0, 0.05) is 0 Å². The largest absolute Gasteiger partial charge is 0.473 e. The van der Waals surface area contributed by atoms with Crippen LogP contribution in [0.3, 0.4) is 0 Å². The van der Waals surface area contributed by atoms with E-state index in [9.17, 15) is 9.59 Å². The second kappa shape index (κ2) is 4.64. The molecule has 1 N–H and O–H groups in total. The van der Waals surface area contributed by atoms with Crippen molar-refractivity contribution in [2.45, 2.75) is 51.6 Å². The Morgan fingerprint density at radius 3 is 2.60 bits per heavy atom. The van der Waals surface area contributed by atoms with Crippen molar-refractivity contribution in [3.8, 4) is 0 Å². The first-order valence-corrected chi connectivity index (χ1v) is 5.52. The summed E-state index contributed by atoms with van der Waals surface area (Å²) in [5.41, 5.74) is -0.524. The van der Waals surface area contributed by atoms with E-state index in [1.54, 1.807) is 0 Å². The van der Waals surface area contributed by atoms with E-state index in [1.807, 2.05) is 6.92 Å². The zero-order valence-electron chi connectivity index (χ0n) is 9.28. The zero-order valence-corrected chi connectivity index (χ0v) is 9.28. The van der Waals surface area contributed by atoms with Gasteiger partial charge in [-0.1, -0.05) is 13.8 Å². The van der Waals surface area contributed by atoms with Crippen molar-refractivity contribution in [2.75, 3.05) is 0 Å². The number of carbonyl (C=O) groups is 2. The van der Waals surface area contributed by atoms with Gasteiger partial charge in [-0.3, -0.25) is 0 Å². The van der Waals surface area contributed by atoms with Gasteiger partial charge in [-0.2, -0.15) is 0 Å². The zero-order chi connectivity index (χ0) is 11.5. The van der Waals surface area contributed by atoms with Gasteiger partial charge in [-0.05, 0) is 38.0 Å². The molecule has 0 spiro atoms. The van der Waals surface area contributed by atoms with Crippen molar-refractivity contribution in [3.63, 3.8) is 0 Å². The molecule has 0 saturated heterocycles. The smallest absolute Gasteiger partial charge is 0.417 e. The molecule has 86 valence electrons. The summed E-state index contributed by atoms with van der Waals surface area (Å²) in [5.74, 6) is -2.30. The minimum atomic E-state index is -1.50. The summed E-state index contributed by atoms with van der Waals surface area (Å²) in [6, 6.07) is 0. The number of hydrogen-bond acceptors (Lipinski definition) is 3. The lowest BCUT2D eigenvalue weighted by Crippen LogP contribution is -2.40. The fourth-order valence-electron chi connectivity index (χ4n) is 2.59. The summed E-state index contributed by atoms with van der Waals surface area (Å²) in [6.45, 7) is 4.00. The van der Waals surface area contributed by atoms with Crippen molar-refractivity contribution in [1.29, 1.82) is 0 Å². The number of carbonyl (C=O) groups excluding carboxylic acids is 1. The second-order valence-corrected chi connectivity index (χ2v) is 4.11. The van der Waals surface area contributed by atoms with Crippen LogP contribution in [-0.2, 0) is 14.3 Å². The standard InChI is InChI=1S/C11H18O4/c1-3-8-6-5-7-11(8,4-2)15-10(14)9(12)13/h8H,3-7H2,1-2H3,(H,12,13). The van der Waals surface area contributed by atoms with Crippen LogP contribution in [0.25, 0.3) is 0 Å². The van der Waals surface area contributed by atoms with Crippen LogP contribution in [-0.4, -0.2) is 22.6 Å². The van der Waals surface area contributed by atoms with E-state index in [2.05, 4.69) is 6.92 Å². The van der Waals surface area contributed by atoms with Gasteiger partial charge < -0.3 is 9.84 Å². The number of aliphatic carboxylic acids is 1. The van der Waals surface area contributed by atoms with Gasteiger partial charge >= 0.3 is 11.9 Å². The Morgan fingerprint density at radius 1 is 1.47 bits per heavy atom. The molecule has 0 amide bonds. The molecule has 1 aliphatic rings. The molecule has 1 aliphatic carbocycles. The third kappa shape index (κ3) is 2.30. The fourth-order valence-corrected chi connectivity index (χ4v) is 2.59. The maximum Gasteiger partial charge on any atom is 0.417 e. The van der Waals surface area contributed by atoms with Crippen LogP contribution in [0.5, 0.6) is 0 Å². The molecule has 0 aromatic carbocycles. The monoisotopic (exact) mass is 214 g/mol. The number of esters is 1. The summed E-state index contributed by atoms with van der Waals surface area (Å²) in [5, 5.41) is 8.54. The normalized spacial score (nSPS) is 30.1. The summed E-state index contributed by atoms with van der Waals surface area (Å²) in [6.07, 6.45) is 4.46. The van der Waals surface area contributed by atoms with Crippen LogP contribution in [0.1, 0.15) is 46.0 Å². The van der Waals surface area contributed by atoms with Gasteiger partial charge in [0.05, 0.1) is 0 Å². The van der Waals surface area contributed by atoms with E-state index in [0.29, 0.717) is 12.3 Å². The maximum atomic E-state index is 11.1. The average molecular weight is 214 g/mol. The molecule has 15 heavy (non-hydrogen) atoms. The predicted molar refractivity (Wildman–Crippen MR) is 54.4 cm³/mol. The molecule has 1 fully saturated rings. The molecule has 0 heterocycles. The Hall–Kier alpha value is -1.06. The van der Waals surface area contributed by atoms with Crippen LogP contribution < -0.4 is 0 Å². The number of carboxylic acids is 1. The van der Waals surface area contributed by atoms with Crippen molar-refractivity contribution >= 4 is 11.9 Å². The Morgan fingerprint density at radius 2 is 2.13 bits per heavy atom. The van der Waals surface area contributed by atoms with Gasteiger partial charge in [-0.15, -0.1) is 0 Å². The molecule has 0 aromatic heterocycles. The Balaban J connectivity index is 2.76. The van der Waals surface area contributed by atoms with Crippen LogP contribution in [0.2, 0.25) is 0 Å².